The first-order valence-corrected chi connectivity index (χ1v) is 6.61. The van der Waals surface area contributed by atoms with Crippen molar-refractivity contribution in [2.45, 2.75) is 40.0 Å². The molecule has 0 radical (unpaired) electrons. The van der Waals surface area contributed by atoms with E-state index >= 15 is 0 Å². The predicted octanol–water partition coefficient (Wildman–Crippen LogP) is 3.42. The van der Waals surface area contributed by atoms with Crippen molar-refractivity contribution in [3.63, 3.8) is 0 Å². The largest absolute Gasteiger partial charge is 0.385 e. The van der Waals surface area contributed by atoms with E-state index in [4.69, 9.17) is 0 Å². The molecule has 1 aromatic carbocycles. The lowest BCUT2D eigenvalue weighted by molar-refractivity contribution is -0.116. The molecular weight excluding hydrogens is 224 g/mol. The third kappa shape index (κ3) is 3.49. The minimum Gasteiger partial charge on any atom is -0.385 e. The van der Waals surface area contributed by atoms with E-state index in [1.54, 1.807) is 0 Å². The summed E-state index contributed by atoms with van der Waals surface area (Å²) >= 11 is 0. The van der Waals surface area contributed by atoms with Gasteiger partial charge in [-0.15, -0.1) is 0 Å². The van der Waals surface area contributed by atoms with Crippen LogP contribution in [0.3, 0.4) is 0 Å². The average molecular weight is 246 g/mol. The first kappa shape index (κ1) is 12.9. The van der Waals surface area contributed by atoms with E-state index in [1.807, 2.05) is 12.1 Å². The molecule has 0 unspecified atom stereocenters. The maximum absolute atomic E-state index is 11.3. The molecule has 18 heavy (non-hydrogen) atoms. The molecule has 2 rings (SSSR count). The van der Waals surface area contributed by atoms with E-state index in [1.165, 1.54) is 5.56 Å². The smallest absolute Gasteiger partial charge is 0.224 e. The topological polar surface area (TPSA) is 41.1 Å². The van der Waals surface area contributed by atoms with Crippen LogP contribution < -0.4 is 10.6 Å². The maximum Gasteiger partial charge on any atom is 0.224 e. The fourth-order valence-corrected chi connectivity index (χ4v) is 2.08. The van der Waals surface area contributed by atoms with Crippen LogP contribution in [0.4, 0.5) is 11.4 Å². The lowest BCUT2D eigenvalue weighted by atomic mass is 9.92. The summed E-state index contributed by atoms with van der Waals surface area (Å²) in [5.41, 5.74) is 3.70. The molecule has 0 aromatic heterocycles. The molecule has 0 spiro atoms. The van der Waals surface area contributed by atoms with E-state index in [0.717, 1.165) is 30.8 Å². The number of benzene rings is 1. The zero-order valence-corrected chi connectivity index (χ0v) is 11.5. The zero-order chi connectivity index (χ0) is 13.2. The van der Waals surface area contributed by atoms with Crippen LogP contribution in [0.15, 0.2) is 18.2 Å². The molecule has 98 valence electrons. The minimum absolute atomic E-state index is 0.121. The predicted molar refractivity (Wildman–Crippen MR) is 76.0 cm³/mol. The second-order valence-electron chi connectivity index (χ2n) is 6.16. The third-order valence-corrected chi connectivity index (χ3v) is 3.20. The quantitative estimate of drug-likeness (QED) is 0.858. The lowest BCUT2D eigenvalue weighted by Gasteiger charge is -2.20. The number of nitrogens with one attached hydrogen (secondary N) is 2. The molecule has 0 saturated carbocycles. The highest BCUT2D eigenvalue weighted by molar-refractivity contribution is 5.94. The summed E-state index contributed by atoms with van der Waals surface area (Å²) in [4.78, 5) is 11.3. The fourth-order valence-electron chi connectivity index (χ4n) is 2.08. The Bertz CT molecular complexity index is 446. The highest BCUT2D eigenvalue weighted by Crippen LogP contribution is 2.26. The van der Waals surface area contributed by atoms with Gasteiger partial charge in [-0.1, -0.05) is 20.8 Å². The van der Waals surface area contributed by atoms with Crippen molar-refractivity contribution < 1.29 is 4.79 Å². The Hall–Kier alpha value is -1.51. The highest BCUT2D eigenvalue weighted by atomic mass is 16.1. The van der Waals surface area contributed by atoms with Gasteiger partial charge >= 0.3 is 0 Å². The van der Waals surface area contributed by atoms with Crippen molar-refractivity contribution in [3.05, 3.63) is 23.8 Å². The molecular formula is C15H22N2O. The van der Waals surface area contributed by atoms with Crippen molar-refractivity contribution in [1.29, 1.82) is 0 Å². The summed E-state index contributed by atoms with van der Waals surface area (Å²) in [6.07, 6.45) is 2.58. The standard InChI is InChI=1S/C15H22N2O/c1-15(2,3)8-9-16-12-5-6-13-11(10-12)4-7-14(18)17-13/h5-6,10,16H,4,7-9H2,1-3H3,(H,17,18). The van der Waals surface area contributed by atoms with Gasteiger partial charge in [0.25, 0.3) is 0 Å². The summed E-state index contributed by atoms with van der Waals surface area (Å²) in [6, 6.07) is 6.18. The molecule has 3 nitrogen and oxygen atoms in total. The van der Waals surface area contributed by atoms with Gasteiger partial charge in [0.05, 0.1) is 0 Å². The van der Waals surface area contributed by atoms with Crippen molar-refractivity contribution >= 4 is 17.3 Å². The third-order valence-electron chi connectivity index (χ3n) is 3.20. The van der Waals surface area contributed by atoms with Crippen molar-refractivity contribution in [2.24, 2.45) is 5.41 Å². The van der Waals surface area contributed by atoms with Crippen LogP contribution in [0.5, 0.6) is 0 Å². The van der Waals surface area contributed by atoms with Crippen molar-refractivity contribution in [3.8, 4) is 0 Å². The van der Waals surface area contributed by atoms with E-state index in [2.05, 4.69) is 37.5 Å². The van der Waals surface area contributed by atoms with Gasteiger partial charge in [-0.05, 0) is 42.0 Å². The SMILES string of the molecule is CC(C)(C)CCNc1ccc2c(c1)CCC(=O)N2. The van der Waals surface area contributed by atoms with Gasteiger partial charge in [0.2, 0.25) is 5.91 Å². The number of amides is 1. The van der Waals surface area contributed by atoms with Gasteiger partial charge in [-0.25, -0.2) is 0 Å². The highest BCUT2D eigenvalue weighted by Gasteiger charge is 2.15. The molecule has 1 amide bonds. The van der Waals surface area contributed by atoms with Crippen LogP contribution >= 0.6 is 0 Å². The van der Waals surface area contributed by atoms with Gasteiger partial charge in [-0.2, -0.15) is 0 Å². The molecule has 0 bridgehead atoms. The monoisotopic (exact) mass is 246 g/mol. The summed E-state index contributed by atoms with van der Waals surface area (Å²) in [7, 11) is 0. The number of anilines is 2. The van der Waals surface area contributed by atoms with Gasteiger partial charge in [0.1, 0.15) is 0 Å². The number of aryl methyl sites for hydroxylation is 1. The van der Waals surface area contributed by atoms with E-state index in [-0.39, 0.29) is 5.91 Å². The molecule has 1 aliphatic rings. The second kappa shape index (κ2) is 5.01. The first-order valence-electron chi connectivity index (χ1n) is 6.61. The van der Waals surface area contributed by atoms with Crippen molar-refractivity contribution in [1.82, 2.24) is 0 Å². The summed E-state index contributed by atoms with van der Waals surface area (Å²) in [6.45, 7) is 7.72. The second-order valence-corrected chi connectivity index (χ2v) is 6.16. The maximum atomic E-state index is 11.3. The first-order chi connectivity index (χ1) is 8.44. The number of rotatable bonds is 3. The van der Waals surface area contributed by atoms with E-state index in [0.29, 0.717) is 11.8 Å². The summed E-state index contributed by atoms with van der Waals surface area (Å²) in [5, 5.41) is 6.35. The van der Waals surface area contributed by atoms with Crippen LogP contribution in [-0.2, 0) is 11.2 Å². The lowest BCUT2D eigenvalue weighted by Crippen LogP contribution is -2.19. The molecule has 1 aliphatic heterocycles. The Morgan fingerprint density at radius 2 is 2.06 bits per heavy atom. The average Bonchev–Trinajstić information content (AvgIpc) is 2.27. The number of carbonyl (C=O) groups is 1. The van der Waals surface area contributed by atoms with Crippen LogP contribution in [0.1, 0.15) is 39.2 Å². The summed E-state index contributed by atoms with van der Waals surface area (Å²) < 4.78 is 0. The Kier molecular flexibility index (Phi) is 3.60. The molecule has 0 fully saturated rings. The van der Waals surface area contributed by atoms with Gasteiger partial charge in [0.15, 0.2) is 0 Å². The Balaban J connectivity index is 1.97. The fraction of sp³-hybridized carbons (Fsp3) is 0.533. The van der Waals surface area contributed by atoms with Crippen LogP contribution in [0, 0.1) is 5.41 Å². The van der Waals surface area contributed by atoms with Gasteiger partial charge < -0.3 is 10.6 Å². The van der Waals surface area contributed by atoms with Gasteiger partial charge in [-0.3, -0.25) is 4.79 Å². The molecule has 1 heterocycles. The number of fused-ring (bicyclic) bond motifs is 1. The number of hydrogen-bond acceptors (Lipinski definition) is 2. The normalized spacial score (nSPS) is 14.9. The zero-order valence-electron chi connectivity index (χ0n) is 11.5. The van der Waals surface area contributed by atoms with E-state index < -0.39 is 0 Å². The molecule has 1 aromatic rings. The molecule has 0 atom stereocenters. The van der Waals surface area contributed by atoms with Crippen LogP contribution in [-0.4, -0.2) is 12.5 Å². The molecule has 0 aliphatic carbocycles. The van der Waals surface area contributed by atoms with Gasteiger partial charge in [0, 0.05) is 24.3 Å². The molecule has 0 saturated heterocycles. The minimum atomic E-state index is 0.121. The van der Waals surface area contributed by atoms with Crippen molar-refractivity contribution in [2.75, 3.05) is 17.2 Å². The van der Waals surface area contributed by atoms with Crippen LogP contribution in [0.25, 0.3) is 0 Å². The molecule has 3 heteroatoms. The Labute approximate surface area is 109 Å². The number of carbonyl (C=O) groups excluding carboxylic acids is 1. The van der Waals surface area contributed by atoms with E-state index in [9.17, 15) is 4.79 Å². The Morgan fingerprint density at radius 3 is 2.78 bits per heavy atom. The Morgan fingerprint density at radius 1 is 1.28 bits per heavy atom. The van der Waals surface area contributed by atoms with Crippen LogP contribution in [0.2, 0.25) is 0 Å². The number of hydrogen-bond donors (Lipinski definition) is 2. The molecule has 2 N–H and O–H groups in total. The summed E-state index contributed by atoms with van der Waals surface area (Å²) in [5.74, 6) is 0.121.